The predicted molar refractivity (Wildman–Crippen MR) is 71.1 cm³/mol. The van der Waals surface area contributed by atoms with Crippen LogP contribution in [0.4, 0.5) is 5.69 Å². The van der Waals surface area contributed by atoms with Gasteiger partial charge in [-0.2, -0.15) is 0 Å². The van der Waals surface area contributed by atoms with E-state index in [9.17, 15) is 4.79 Å². The highest BCUT2D eigenvalue weighted by Crippen LogP contribution is 2.17. The zero-order valence-corrected chi connectivity index (χ0v) is 11.0. The Morgan fingerprint density at radius 2 is 2.00 bits per heavy atom. The predicted octanol–water partition coefficient (Wildman–Crippen LogP) is 2.38. The average molecular weight is 260 g/mol. The van der Waals surface area contributed by atoms with Gasteiger partial charge in [0.05, 0.1) is 12.2 Å². The zero-order valence-electron chi connectivity index (χ0n) is 11.0. The van der Waals surface area contributed by atoms with Crippen molar-refractivity contribution in [2.24, 2.45) is 0 Å². The van der Waals surface area contributed by atoms with Crippen molar-refractivity contribution >= 4 is 11.7 Å². The van der Waals surface area contributed by atoms with Gasteiger partial charge < -0.3 is 14.4 Å². The summed E-state index contributed by atoms with van der Waals surface area (Å²) in [5.74, 6) is 0.405. The number of carbonyl (C=O) groups is 1. The van der Waals surface area contributed by atoms with Crippen LogP contribution < -0.4 is 4.90 Å². The number of oxazole rings is 1. The number of rotatable bonds is 5. The molecule has 2 rings (SSSR count). The molecule has 1 N–H and O–H groups in total. The van der Waals surface area contributed by atoms with Crippen molar-refractivity contribution in [3.05, 3.63) is 47.7 Å². The first-order chi connectivity index (χ1) is 9.06. The Labute approximate surface area is 111 Å². The molecule has 0 fully saturated rings. The van der Waals surface area contributed by atoms with Crippen molar-refractivity contribution in [3.8, 4) is 0 Å². The molecule has 0 atom stereocenters. The number of aromatic nitrogens is 1. The largest absolute Gasteiger partial charge is 0.480 e. The molecule has 0 unspecified atom stereocenters. The summed E-state index contributed by atoms with van der Waals surface area (Å²) in [7, 11) is 0. The topological polar surface area (TPSA) is 66.6 Å². The van der Waals surface area contributed by atoms with E-state index in [1.165, 1.54) is 0 Å². The number of hydrogen-bond acceptors (Lipinski definition) is 4. The van der Waals surface area contributed by atoms with Gasteiger partial charge in [-0.05, 0) is 26.0 Å². The van der Waals surface area contributed by atoms with E-state index in [2.05, 4.69) is 4.98 Å². The summed E-state index contributed by atoms with van der Waals surface area (Å²) >= 11 is 0. The molecule has 0 radical (unpaired) electrons. The first-order valence-corrected chi connectivity index (χ1v) is 6.01. The SMILES string of the molecule is Cc1nc(CN(CC(=O)O)c2ccccc2)oc1C. The van der Waals surface area contributed by atoms with Crippen LogP contribution in [0.25, 0.3) is 0 Å². The highest BCUT2D eigenvalue weighted by atomic mass is 16.4. The number of nitrogens with zero attached hydrogens (tertiary/aromatic N) is 2. The fourth-order valence-corrected chi connectivity index (χ4v) is 1.81. The lowest BCUT2D eigenvalue weighted by atomic mass is 10.3. The molecule has 0 spiro atoms. The highest BCUT2D eigenvalue weighted by molar-refractivity contribution is 5.73. The van der Waals surface area contributed by atoms with Crippen molar-refractivity contribution in [3.63, 3.8) is 0 Å². The van der Waals surface area contributed by atoms with Crippen LogP contribution in [0.15, 0.2) is 34.7 Å². The minimum Gasteiger partial charge on any atom is -0.480 e. The van der Waals surface area contributed by atoms with E-state index in [1.54, 1.807) is 4.90 Å². The van der Waals surface area contributed by atoms with E-state index in [0.717, 1.165) is 17.1 Å². The quantitative estimate of drug-likeness (QED) is 0.894. The van der Waals surface area contributed by atoms with Gasteiger partial charge in [0, 0.05) is 5.69 Å². The molecule has 0 bridgehead atoms. The Balaban J connectivity index is 2.21. The molecule has 1 aromatic carbocycles. The van der Waals surface area contributed by atoms with Crippen molar-refractivity contribution < 1.29 is 14.3 Å². The molecule has 1 aromatic heterocycles. The molecule has 1 heterocycles. The number of carboxylic acids is 1. The van der Waals surface area contributed by atoms with Crippen molar-refractivity contribution in [2.45, 2.75) is 20.4 Å². The smallest absolute Gasteiger partial charge is 0.323 e. The monoisotopic (exact) mass is 260 g/mol. The molecule has 5 heteroatoms. The minimum atomic E-state index is -0.885. The lowest BCUT2D eigenvalue weighted by Gasteiger charge is -2.20. The van der Waals surface area contributed by atoms with Crippen LogP contribution in [-0.4, -0.2) is 22.6 Å². The molecule has 19 heavy (non-hydrogen) atoms. The van der Waals surface area contributed by atoms with Crippen LogP contribution in [0.1, 0.15) is 17.3 Å². The summed E-state index contributed by atoms with van der Waals surface area (Å²) in [4.78, 5) is 16.9. The van der Waals surface area contributed by atoms with Gasteiger partial charge in [-0.3, -0.25) is 4.79 Å². The van der Waals surface area contributed by atoms with Crippen LogP contribution in [0, 0.1) is 13.8 Å². The maximum atomic E-state index is 11.0. The third-order valence-corrected chi connectivity index (χ3v) is 2.85. The van der Waals surface area contributed by atoms with E-state index in [4.69, 9.17) is 9.52 Å². The van der Waals surface area contributed by atoms with E-state index >= 15 is 0 Å². The zero-order chi connectivity index (χ0) is 13.8. The summed E-state index contributed by atoms with van der Waals surface area (Å²) in [6, 6.07) is 9.37. The van der Waals surface area contributed by atoms with Gasteiger partial charge >= 0.3 is 5.97 Å². The number of aliphatic carboxylic acids is 1. The van der Waals surface area contributed by atoms with E-state index in [0.29, 0.717) is 12.4 Å². The number of anilines is 1. The highest BCUT2D eigenvalue weighted by Gasteiger charge is 2.15. The molecule has 0 saturated carbocycles. The number of aryl methyl sites for hydroxylation is 2. The van der Waals surface area contributed by atoms with Gasteiger partial charge in [-0.15, -0.1) is 0 Å². The fourth-order valence-electron chi connectivity index (χ4n) is 1.81. The summed E-state index contributed by atoms with van der Waals surface area (Å²) in [5.41, 5.74) is 1.66. The molecule has 0 amide bonds. The van der Waals surface area contributed by atoms with Crippen LogP contribution in [0.5, 0.6) is 0 Å². The molecule has 2 aromatic rings. The maximum absolute atomic E-state index is 11.0. The molecular formula is C14H16N2O3. The molecule has 0 saturated heterocycles. The second-order valence-electron chi connectivity index (χ2n) is 4.33. The summed E-state index contributed by atoms with van der Waals surface area (Å²) < 4.78 is 5.50. The Hall–Kier alpha value is -2.30. The van der Waals surface area contributed by atoms with Crippen LogP contribution in [0.2, 0.25) is 0 Å². The summed E-state index contributed by atoms with van der Waals surface area (Å²) in [6.45, 7) is 3.96. The lowest BCUT2D eigenvalue weighted by molar-refractivity contribution is -0.135. The summed E-state index contributed by atoms with van der Waals surface area (Å²) in [6.07, 6.45) is 0. The molecular weight excluding hydrogens is 244 g/mol. The molecule has 5 nitrogen and oxygen atoms in total. The van der Waals surface area contributed by atoms with E-state index in [1.807, 2.05) is 44.2 Å². The van der Waals surface area contributed by atoms with Gasteiger partial charge in [0.15, 0.2) is 0 Å². The standard InChI is InChI=1S/C14H16N2O3/c1-10-11(2)19-13(15-10)8-16(9-14(17)18)12-6-4-3-5-7-12/h3-7H,8-9H2,1-2H3,(H,17,18). The van der Waals surface area contributed by atoms with Crippen molar-refractivity contribution in [1.82, 2.24) is 4.98 Å². The van der Waals surface area contributed by atoms with Crippen LogP contribution in [-0.2, 0) is 11.3 Å². The van der Waals surface area contributed by atoms with Crippen LogP contribution >= 0.6 is 0 Å². The third-order valence-electron chi connectivity index (χ3n) is 2.85. The molecule has 0 aliphatic rings. The van der Waals surface area contributed by atoms with Gasteiger partial charge in [-0.1, -0.05) is 18.2 Å². The molecule has 0 aliphatic heterocycles. The number of carboxylic acid groups (broad SMARTS) is 1. The Morgan fingerprint density at radius 3 is 2.53 bits per heavy atom. The van der Waals surface area contributed by atoms with E-state index in [-0.39, 0.29) is 6.54 Å². The number of benzene rings is 1. The van der Waals surface area contributed by atoms with Crippen molar-refractivity contribution in [1.29, 1.82) is 0 Å². The summed E-state index contributed by atoms with van der Waals surface area (Å²) in [5, 5.41) is 8.99. The third kappa shape index (κ3) is 3.34. The average Bonchev–Trinajstić information content (AvgIpc) is 2.68. The second-order valence-corrected chi connectivity index (χ2v) is 4.33. The lowest BCUT2D eigenvalue weighted by Crippen LogP contribution is -2.29. The Kier molecular flexibility index (Phi) is 3.85. The van der Waals surface area contributed by atoms with Gasteiger partial charge in [0.2, 0.25) is 5.89 Å². The van der Waals surface area contributed by atoms with Gasteiger partial charge in [0.25, 0.3) is 0 Å². The maximum Gasteiger partial charge on any atom is 0.323 e. The number of para-hydroxylation sites is 1. The minimum absolute atomic E-state index is 0.0928. The van der Waals surface area contributed by atoms with Gasteiger partial charge in [-0.25, -0.2) is 4.98 Å². The number of hydrogen-bond donors (Lipinski definition) is 1. The Bertz CT molecular complexity index is 544. The van der Waals surface area contributed by atoms with Crippen molar-refractivity contribution in [2.75, 3.05) is 11.4 Å². The van der Waals surface area contributed by atoms with Gasteiger partial charge in [0.1, 0.15) is 12.3 Å². The second kappa shape index (κ2) is 5.56. The van der Waals surface area contributed by atoms with Crippen LogP contribution in [0.3, 0.4) is 0 Å². The molecule has 100 valence electrons. The molecule has 0 aliphatic carbocycles. The first-order valence-electron chi connectivity index (χ1n) is 6.01. The normalized spacial score (nSPS) is 10.4. The fraction of sp³-hybridized carbons (Fsp3) is 0.286. The van der Waals surface area contributed by atoms with E-state index < -0.39 is 5.97 Å². The first kappa shape index (κ1) is 13.1. The Morgan fingerprint density at radius 1 is 1.32 bits per heavy atom.